The number of nitrogens with zero attached hydrogens (tertiary/aromatic N) is 1. The minimum atomic E-state index is -0.834. The summed E-state index contributed by atoms with van der Waals surface area (Å²) in [6.07, 6.45) is 3.78. The lowest BCUT2D eigenvalue weighted by molar-refractivity contribution is -0.143. The molecule has 0 aliphatic heterocycles. The summed E-state index contributed by atoms with van der Waals surface area (Å²) in [6.45, 7) is 0. The second-order valence-corrected chi connectivity index (χ2v) is 6.12. The summed E-state index contributed by atoms with van der Waals surface area (Å²) in [4.78, 5) is 27.1. The van der Waals surface area contributed by atoms with E-state index >= 15 is 0 Å². The Bertz CT molecular complexity index is 580. The normalized spacial score (nSPS) is 21.9. The van der Waals surface area contributed by atoms with Crippen LogP contribution in [0, 0.1) is 5.92 Å². The maximum Gasteiger partial charge on any atom is 0.306 e. The predicted octanol–water partition coefficient (Wildman–Crippen LogP) is 3.42. The van der Waals surface area contributed by atoms with Gasteiger partial charge in [0.25, 0.3) is 5.91 Å². The van der Waals surface area contributed by atoms with Crippen LogP contribution < -0.4 is 5.32 Å². The van der Waals surface area contributed by atoms with E-state index in [1.165, 1.54) is 6.20 Å². The van der Waals surface area contributed by atoms with Gasteiger partial charge in [-0.2, -0.15) is 0 Å². The fourth-order valence-electron chi connectivity index (χ4n) is 2.40. The second kappa shape index (κ2) is 6.81. The summed E-state index contributed by atoms with van der Waals surface area (Å²) in [5, 5.41) is 12.0. The van der Waals surface area contributed by atoms with Crippen molar-refractivity contribution in [2.24, 2.45) is 5.92 Å². The van der Waals surface area contributed by atoms with E-state index in [1.54, 1.807) is 0 Å². The molecule has 0 bridgehead atoms. The number of halogens is 3. The van der Waals surface area contributed by atoms with Crippen molar-refractivity contribution >= 4 is 46.7 Å². The zero-order valence-corrected chi connectivity index (χ0v) is 13.2. The van der Waals surface area contributed by atoms with Crippen molar-refractivity contribution in [1.29, 1.82) is 0 Å². The molecule has 5 nitrogen and oxygen atoms in total. The lowest BCUT2D eigenvalue weighted by Crippen LogP contribution is -2.40. The van der Waals surface area contributed by atoms with Gasteiger partial charge in [-0.1, -0.05) is 41.2 Å². The maximum absolute atomic E-state index is 12.2. The molecule has 1 aliphatic rings. The number of hydrogen-bond donors (Lipinski definition) is 2. The second-order valence-electron chi connectivity index (χ2n) is 4.95. The lowest BCUT2D eigenvalue weighted by atomic mass is 9.86. The number of aliphatic carboxylic acids is 1. The summed E-state index contributed by atoms with van der Waals surface area (Å²) < 4.78 is 0. The molecule has 1 amide bonds. The molecule has 0 spiro atoms. The Labute approximate surface area is 136 Å². The Morgan fingerprint density at radius 1 is 1.24 bits per heavy atom. The van der Waals surface area contributed by atoms with Gasteiger partial charge in [-0.15, -0.1) is 0 Å². The average molecular weight is 352 g/mol. The molecule has 8 heteroatoms. The van der Waals surface area contributed by atoms with E-state index in [2.05, 4.69) is 10.3 Å². The highest BCUT2D eigenvalue weighted by Gasteiger charge is 2.29. The van der Waals surface area contributed by atoms with Crippen LogP contribution in [0.4, 0.5) is 0 Å². The first-order chi connectivity index (χ1) is 9.90. The molecule has 0 saturated heterocycles. The van der Waals surface area contributed by atoms with Crippen LogP contribution in [0.1, 0.15) is 36.2 Å². The molecule has 2 N–H and O–H groups in total. The van der Waals surface area contributed by atoms with E-state index in [1.807, 2.05) is 0 Å². The molecule has 2 unspecified atom stereocenters. The van der Waals surface area contributed by atoms with Gasteiger partial charge >= 0.3 is 5.97 Å². The van der Waals surface area contributed by atoms with Crippen molar-refractivity contribution in [3.63, 3.8) is 0 Å². The summed E-state index contributed by atoms with van der Waals surface area (Å²) in [7, 11) is 0. The number of nitrogens with one attached hydrogen (secondary N) is 1. The molecule has 0 aromatic carbocycles. The third kappa shape index (κ3) is 3.78. The van der Waals surface area contributed by atoms with Crippen LogP contribution in [-0.4, -0.2) is 28.0 Å². The van der Waals surface area contributed by atoms with Crippen LogP contribution in [0.15, 0.2) is 6.20 Å². The fourth-order valence-corrected chi connectivity index (χ4v) is 2.97. The number of pyridine rings is 1. The molecule has 0 radical (unpaired) electrons. The topological polar surface area (TPSA) is 79.3 Å². The Hall–Kier alpha value is -1.04. The number of carboxylic acid groups (broad SMARTS) is 1. The number of hydrogen-bond acceptors (Lipinski definition) is 3. The van der Waals surface area contributed by atoms with Crippen molar-refractivity contribution in [1.82, 2.24) is 10.3 Å². The molecule has 1 saturated carbocycles. The number of carbonyl (C=O) groups excluding carboxylic acids is 1. The van der Waals surface area contributed by atoms with E-state index < -0.39 is 17.8 Å². The van der Waals surface area contributed by atoms with Gasteiger partial charge in [0, 0.05) is 12.2 Å². The summed E-state index contributed by atoms with van der Waals surface area (Å²) in [5.41, 5.74) is -0.0106. The molecule has 2 atom stereocenters. The SMILES string of the molecule is O=C(NC1CCCC(C(=O)O)C1)c1ncc(Cl)c(Cl)c1Cl. The highest BCUT2D eigenvalue weighted by Crippen LogP contribution is 2.31. The van der Waals surface area contributed by atoms with Crippen LogP contribution in [0.2, 0.25) is 15.1 Å². The van der Waals surface area contributed by atoms with Gasteiger partial charge in [-0.25, -0.2) is 4.98 Å². The van der Waals surface area contributed by atoms with Gasteiger partial charge in [0.1, 0.15) is 5.69 Å². The Balaban J connectivity index is 2.08. The maximum atomic E-state index is 12.2. The number of amides is 1. The Kier molecular flexibility index (Phi) is 5.30. The molecule has 2 rings (SSSR count). The minimum absolute atomic E-state index is 0.00717. The van der Waals surface area contributed by atoms with Gasteiger partial charge < -0.3 is 10.4 Å². The minimum Gasteiger partial charge on any atom is -0.481 e. The third-order valence-electron chi connectivity index (χ3n) is 3.49. The van der Waals surface area contributed by atoms with E-state index in [9.17, 15) is 9.59 Å². The highest BCUT2D eigenvalue weighted by atomic mass is 35.5. The molecule has 1 aliphatic carbocycles. The van der Waals surface area contributed by atoms with E-state index in [4.69, 9.17) is 39.9 Å². The van der Waals surface area contributed by atoms with E-state index in [0.29, 0.717) is 12.8 Å². The van der Waals surface area contributed by atoms with Crippen LogP contribution in [0.5, 0.6) is 0 Å². The predicted molar refractivity (Wildman–Crippen MR) is 80.1 cm³/mol. The van der Waals surface area contributed by atoms with Gasteiger partial charge in [0.05, 0.1) is 21.0 Å². The van der Waals surface area contributed by atoms with Crippen molar-refractivity contribution in [2.45, 2.75) is 31.7 Å². The van der Waals surface area contributed by atoms with Crippen LogP contribution >= 0.6 is 34.8 Å². The van der Waals surface area contributed by atoms with E-state index in [-0.39, 0.29) is 26.8 Å². The summed E-state index contributed by atoms with van der Waals surface area (Å²) >= 11 is 17.6. The Morgan fingerprint density at radius 3 is 2.62 bits per heavy atom. The van der Waals surface area contributed by atoms with Crippen molar-refractivity contribution in [3.05, 3.63) is 27.0 Å². The molecule has 114 valence electrons. The standard InChI is InChI=1S/C13H13Cl3N2O3/c14-8-5-17-11(10(16)9(8)15)12(19)18-7-3-1-2-6(4-7)13(20)21/h5-7H,1-4H2,(H,18,19)(H,20,21). The first kappa shape index (κ1) is 16.3. The first-order valence-electron chi connectivity index (χ1n) is 6.43. The number of aromatic nitrogens is 1. The molecule has 1 aromatic rings. The smallest absolute Gasteiger partial charge is 0.306 e. The van der Waals surface area contributed by atoms with Gasteiger partial charge in [0.15, 0.2) is 0 Å². The van der Waals surface area contributed by atoms with Gasteiger partial charge in [-0.3, -0.25) is 9.59 Å². The lowest BCUT2D eigenvalue weighted by Gasteiger charge is -2.27. The molecular formula is C13H13Cl3N2O3. The number of rotatable bonds is 3. The molecule has 1 aromatic heterocycles. The molecular weight excluding hydrogens is 339 g/mol. The number of carbonyl (C=O) groups is 2. The fraction of sp³-hybridized carbons (Fsp3) is 0.462. The summed E-state index contributed by atoms with van der Waals surface area (Å²) in [6, 6.07) is -0.209. The monoisotopic (exact) mass is 350 g/mol. The average Bonchev–Trinajstić information content (AvgIpc) is 2.45. The first-order valence-corrected chi connectivity index (χ1v) is 7.56. The van der Waals surface area contributed by atoms with Gasteiger partial charge in [0.2, 0.25) is 0 Å². The molecule has 1 fully saturated rings. The summed E-state index contributed by atoms with van der Waals surface area (Å²) in [5.74, 6) is -1.74. The quantitative estimate of drug-likeness (QED) is 0.874. The third-order valence-corrected chi connectivity index (χ3v) is 4.73. The molecule has 1 heterocycles. The van der Waals surface area contributed by atoms with Gasteiger partial charge in [-0.05, 0) is 19.3 Å². The zero-order chi connectivity index (χ0) is 15.6. The van der Waals surface area contributed by atoms with Crippen molar-refractivity contribution < 1.29 is 14.7 Å². The van der Waals surface area contributed by atoms with Crippen LogP contribution in [-0.2, 0) is 4.79 Å². The number of carboxylic acids is 1. The van der Waals surface area contributed by atoms with Crippen LogP contribution in [0.3, 0.4) is 0 Å². The molecule has 21 heavy (non-hydrogen) atoms. The highest BCUT2D eigenvalue weighted by molar-refractivity contribution is 6.48. The zero-order valence-electron chi connectivity index (χ0n) is 10.9. The van der Waals surface area contributed by atoms with Crippen molar-refractivity contribution in [2.75, 3.05) is 0 Å². The Morgan fingerprint density at radius 2 is 1.95 bits per heavy atom. The largest absolute Gasteiger partial charge is 0.481 e. The van der Waals surface area contributed by atoms with Crippen molar-refractivity contribution in [3.8, 4) is 0 Å². The van der Waals surface area contributed by atoms with Crippen LogP contribution in [0.25, 0.3) is 0 Å². The van der Waals surface area contributed by atoms with E-state index in [0.717, 1.165) is 12.8 Å².